The SMILES string of the molecule is c1ccc(-c2nc(-c3ccc4c(c3)oc3ccccc34)nc(-c3cc4ccccc4c4c3oc3c(-n5c6ccccc6c6ccccc65)cccc34)n2)cc1. The van der Waals surface area contributed by atoms with Gasteiger partial charge in [0.2, 0.25) is 0 Å². The normalized spacial score (nSPS) is 12.0. The standard InChI is InChI=1S/C49H28N4O2/c1-2-13-29(14-3-1)47-50-48(31-25-26-36-35-19-8-11-24-42(35)54-43(36)28-31)52-49(51-47)38-27-30-15-4-5-16-32(30)44-37-20-12-23-41(45(37)55-46(38)44)53-39-21-9-6-17-33(39)34-18-7-10-22-40(34)53/h1-28H. The molecule has 0 aliphatic heterocycles. The van der Waals surface area contributed by atoms with Gasteiger partial charge in [-0.15, -0.1) is 0 Å². The Kier molecular flexibility index (Phi) is 6.24. The second kappa shape index (κ2) is 11.5. The van der Waals surface area contributed by atoms with Gasteiger partial charge in [-0.1, -0.05) is 127 Å². The summed E-state index contributed by atoms with van der Waals surface area (Å²) in [7, 11) is 0. The lowest BCUT2D eigenvalue weighted by atomic mass is 9.99. The van der Waals surface area contributed by atoms with Crippen molar-refractivity contribution in [3.05, 3.63) is 170 Å². The Morgan fingerprint density at radius 3 is 1.80 bits per heavy atom. The summed E-state index contributed by atoms with van der Waals surface area (Å²) < 4.78 is 15.8. The predicted molar refractivity (Wildman–Crippen MR) is 223 cm³/mol. The first-order chi connectivity index (χ1) is 27.3. The van der Waals surface area contributed by atoms with Crippen LogP contribution in [0.1, 0.15) is 0 Å². The Morgan fingerprint density at radius 2 is 1.00 bits per heavy atom. The number of para-hydroxylation sites is 4. The molecule has 0 radical (unpaired) electrons. The fourth-order valence-corrected chi connectivity index (χ4v) is 8.36. The fraction of sp³-hybridized carbons (Fsp3) is 0. The third-order valence-electron chi connectivity index (χ3n) is 10.8. The van der Waals surface area contributed by atoms with E-state index in [-0.39, 0.29) is 0 Å². The van der Waals surface area contributed by atoms with Crippen molar-refractivity contribution in [2.24, 2.45) is 0 Å². The molecule has 0 saturated carbocycles. The molecule has 55 heavy (non-hydrogen) atoms. The third kappa shape index (κ3) is 4.46. The minimum Gasteiger partial charge on any atom is -0.456 e. The molecule has 0 saturated heterocycles. The third-order valence-corrected chi connectivity index (χ3v) is 10.8. The molecule has 12 rings (SSSR count). The van der Waals surface area contributed by atoms with E-state index in [0.717, 1.165) is 88.1 Å². The summed E-state index contributed by atoms with van der Waals surface area (Å²) in [5.41, 5.74) is 8.90. The van der Waals surface area contributed by atoms with Crippen LogP contribution in [0.25, 0.3) is 116 Å². The van der Waals surface area contributed by atoms with Crippen molar-refractivity contribution in [2.45, 2.75) is 0 Å². The highest BCUT2D eigenvalue weighted by Crippen LogP contribution is 2.44. The van der Waals surface area contributed by atoms with Crippen LogP contribution in [-0.4, -0.2) is 19.5 Å². The van der Waals surface area contributed by atoms with Crippen molar-refractivity contribution in [1.29, 1.82) is 0 Å². The number of hydrogen-bond acceptors (Lipinski definition) is 5. The van der Waals surface area contributed by atoms with Crippen LogP contribution in [-0.2, 0) is 0 Å². The molecule has 8 aromatic carbocycles. The first-order valence-electron chi connectivity index (χ1n) is 18.4. The summed E-state index contributed by atoms with van der Waals surface area (Å²) in [6.07, 6.45) is 0. The smallest absolute Gasteiger partial charge is 0.167 e. The topological polar surface area (TPSA) is 69.9 Å². The number of furan rings is 2. The molecule has 0 aliphatic rings. The Bertz CT molecular complexity index is 3450. The molecular formula is C49H28N4O2. The van der Waals surface area contributed by atoms with Crippen LogP contribution >= 0.6 is 0 Å². The van der Waals surface area contributed by atoms with Crippen molar-refractivity contribution >= 4 is 76.5 Å². The van der Waals surface area contributed by atoms with Crippen LogP contribution in [0.4, 0.5) is 0 Å². The van der Waals surface area contributed by atoms with Gasteiger partial charge >= 0.3 is 0 Å². The molecule has 0 atom stereocenters. The molecule has 4 aromatic heterocycles. The lowest BCUT2D eigenvalue weighted by molar-refractivity contribution is 0.667. The Balaban J connectivity index is 1.15. The van der Waals surface area contributed by atoms with Crippen LogP contribution in [0, 0.1) is 0 Å². The molecule has 12 aromatic rings. The monoisotopic (exact) mass is 704 g/mol. The van der Waals surface area contributed by atoms with Gasteiger partial charge in [0.05, 0.1) is 22.3 Å². The Labute approximate surface area is 313 Å². The summed E-state index contributed by atoms with van der Waals surface area (Å²) in [6.45, 7) is 0. The zero-order valence-electron chi connectivity index (χ0n) is 29.3. The molecule has 6 nitrogen and oxygen atoms in total. The lowest BCUT2D eigenvalue weighted by Gasteiger charge is -2.10. The minimum absolute atomic E-state index is 0.529. The number of rotatable bonds is 4. The van der Waals surface area contributed by atoms with Gasteiger partial charge in [0, 0.05) is 43.4 Å². The van der Waals surface area contributed by atoms with E-state index in [1.54, 1.807) is 0 Å². The lowest BCUT2D eigenvalue weighted by Crippen LogP contribution is -2.00. The van der Waals surface area contributed by atoms with E-state index in [1.807, 2.05) is 54.6 Å². The van der Waals surface area contributed by atoms with Crippen molar-refractivity contribution in [3.8, 4) is 39.9 Å². The molecule has 6 heteroatoms. The van der Waals surface area contributed by atoms with Crippen LogP contribution < -0.4 is 0 Å². The Morgan fingerprint density at radius 1 is 0.382 bits per heavy atom. The zero-order valence-corrected chi connectivity index (χ0v) is 29.3. The van der Waals surface area contributed by atoms with Gasteiger partial charge in [0.25, 0.3) is 0 Å². The number of nitrogens with zero attached hydrogens (tertiary/aromatic N) is 4. The van der Waals surface area contributed by atoms with E-state index < -0.39 is 0 Å². The molecule has 0 N–H and O–H groups in total. The number of fused-ring (bicyclic) bond motifs is 11. The maximum atomic E-state index is 7.15. The fourth-order valence-electron chi connectivity index (χ4n) is 8.36. The minimum atomic E-state index is 0.529. The predicted octanol–water partition coefficient (Wildman–Crippen LogP) is 12.9. The van der Waals surface area contributed by atoms with Crippen molar-refractivity contribution < 1.29 is 8.83 Å². The van der Waals surface area contributed by atoms with E-state index in [9.17, 15) is 0 Å². The Hall–Kier alpha value is -7.57. The molecule has 0 aliphatic carbocycles. The maximum absolute atomic E-state index is 7.15. The van der Waals surface area contributed by atoms with Gasteiger partial charge in [-0.05, 0) is 53.2 Å². The second-order valence-corrected chi connectivity index (χ2v) is 14.0. The van der Waals surface area contributed by atoms with E-state index in [1.165, 1.54) is 10.8 Å². The van der Waals surface area contributed by atoms with Gasteiger partial charge in [-0.2, -0.15) is 0 Å². The van der Waals surface area contributed by atoms with E-state index in [2.05, 4.69) is 120 Å². The van der Waals surface area contributed by atoms with Crippen LogP contribution in [0.5, 0.6) is 0 Å². The molecule has 4 heterocycles. The summed E-state index contributed by atoms with van der Waals surface area (Å²) in [6, 6.07) is 58.5. The quantitative estimate of drug-likeness (QED) is 0.182. The average Bonchev–Trinajstić information content (AvgIpc) is 3.93. The van der Waals surface area contributed by atoms with Gasteiger partial charge in [0.15, 0.2) is 23.1 Å². The van der Waals surface area contributed by atoms with Gasteiger partial charge < -0.3 is 13.4 Å². The van der Waals surface area contributed by atoms with E-state index in [4.69, 9.17) is 23.8 Å². The highest BCUT2D eigenvalue weighted by molar-refractivity contribution is 6.23. The van der Waals surface area contributed by atoms with E-state index >= 15 is 0 Å². The summed E-state index contributed by atoms with van der Waals surface area (Å²) in [5, 5.41) is 8.75. The first-order valence-corrected chi connectivity index (χ1v) is 18.4. The number of hydrogen-bond donors (Lipinski definition) is 0. The largest absolute Gasteiger partial charge is 0.456 e. The highest BCUT2D eigenvalue weighted by Gasteiger charge is 2.23. The highest BCUT2D eigenvalue weighted by atomic mass is 16.3. The summed E-state index contributed by atoms with van der Waals surface area (Å²) >= 11 is 0. The zero-order chi connectivity index (χ0) is 36.0. The van der Waals surface area contributed by atoms with Crippen LogP contribution in [0.2, 0.25) is 0 Å². The van der Waals surface area contributed by atoms with Crippen molar-refractivity contribution in [3.63, 3.8) is 0 Å². The van der Waals surface area contributed by atoms with Crippen LogP contribution in [0.15, 0.2) is 179 Å². The van der Waals surface area contributed by atoms with Crippen molar-refractivity contribution in [2.75, 3.05) is 0 Å². The second-order valence-electron chi connectivity index (χ2n) is 14.0. The summed E-state index contributed by atoms with van der Waals surface area (Å²) in [5.74, 6) is 1.66. The molecule has 0 bridgehead atoms. The maximum Gasteiger partial charge on any atom is 0.167 e. The molecular weight excluding hydrogens is 677 g/mol. The number of benzene rings is 8. The molecule has 0 spiro atoms. The number of aromatic nitrogens is 4. The molecule has 0 amide bonds. The average molecular weight is 705 g/mol. The van der Waals surface area contributed by atoms with Gasteiger partial charge in [0.1, 0.15) is 16.7 Å². The van der Waals surface area contributed by atoms with E-state index in [0.29, 0.717) is 17.5 Å². The summed E-state index contributed by atoms with van der Waals surface area (Å²) in [4.78, 5) is 15.4. The molecule has 0 unspecified atom stereocenters. The van der Waals surface area contributed by atoms with Gasteiger partial charge in [-0.3, -0.25) is 0 Å². The van der Waals surface area contributed by atoms with Crippen molar-refractivity contribution in [1.82, 2.24) is 19.5 Å². The molecule has 0 fully saturated rings. The molecule has 256 valence electrons. The van der Waals surface area contributed by atoms with Crippen LogP contribution in [0.3, 0.4) is 0 Å². The van der Waals surface area contributed by atoms with Gasteiger partial charge in [-0.25, -0.2) is 15.0 Å². The first kappa shape index (κ1) is 29.9.